The number of carbonyl (C=O) groups is 1. The molecule has 0 spiro atoms. The maximum atomic E-state index is 11.4. The summed E-state index contributed by atoms with van der Waals surface area (Å²) in [5.74, 6) is -1.02. The van der Waals surface area contributed by atoms with Gasteiger partial charge in [0, 0.05) is 0 Å². The van der Waals surface area contributed by atoms with Crippen molar-refractivity contribution in [3.05, 3.63) is 89.7 Å². The maximum Gasteiger partial charge on any atom is 0.339 e. The molecule has 0 amide bonds. The number of carboxylic acid groups (broad SMARTS) is 1. The molecule has 2 aromatic carbocycles. The number of ether oxygens (including phenoxy) is 1. The van der Waals surface area contributed by atoms with Crippen LogP contribution in [0.2, 0.25) is 0 Å². The molecule has 0 atom stereocenters. The minimum atomic E-state index is -1.02. The molecule has 2 aromatic rings. The van der Waals surface area contributed by atoms with Gasteiger partial charge in [0.1, 0.15) is 5.57 Å². The van der Waals surface area contributed by atoms with Crippen molar-refractivity contribution in [3.63, 3.8) is 0 Å². The molecule has 116 valence electrons. The molecule has 0 aliphatic carbocycles. The summed E-state index contributed by atoms with van der Waals surface area (Å²) in [6, 6.07) is 17.3. The second kappa shape index (κ2) is 8.39. The minimum Gasteiger partial charge on any atom is -0.503 e. The van der Waals surface area contributed by atoms with E-state index in [2.05, 4.69) is 0 Å². The van der Waals surface area contributed by atoms with E-state index in [-0.39, 0.29) is 5.57 Å². The van der Waals surface area contributed by atoms with E-state index in [1.165, 1.54) is 13.4 Å². The van der Waals surface area contributed by atoms with Gasteiger partial charge in [-0.2, -0.15) is 0 Å². The SMILES string of the molecule is CO/C=C(/C(=O)O)c1ccccc1/C=C/C=C/c1ccccc1. The molecule has 3 heteroatoms. The third kappa shape index (κ3) is 4.71. The fraction of sp³-hybridized carbons (Fsp3) is 0.0500. The number of hydrogen-bond donors (Lipinski definition) is 1. The number of benzene rings is 2. The number of rotatable bonds is 6. The van der Waals surface area contributed by atoms with Crippen molar-refractivity contribution in [2.75, 3.05) is 7.11 Å². The average Bonchev–Trinajstić information content (AvgIpc) is 2.58. The molecule has 0 fully saturated rings. The van der Waals surface area contributed by atoms with Crippen molar-refractivity contribution in [1.29, 1.82) is 0 Å². The van der Waals surface area contributed by atoms with Gasteiger partial charge in [-0.15, -0.1) is 0 Å². The third-order valence-electron chi connectivity index (χ3n) is 3.19. The fourth-order valence-corrected chi connectivity index (χ4v) is 2.12. The lowest BCUT2D eigenvalue weighted by Crippen LogP contribution is -2.02. The Bertz CT molecular complexity index is 740. The minimum absolute atomic E-state index is 0.125. The van der Waals surface area contributed by atoms with Gasteiger partial charge in [0.15, 0.2) is 0 Å². The molecule has 0 unspecified atom stereocenters. The number of aliphatic carboxylic acids is 1. The Kier molecular flexibility index (Phi) is 5.95. The summed E-state index contributed by atoms with van der Waals surface area (Å²) in [6.45, 7) is 0. The van der Waals surface area contributed by atoms with Crippen LogP contribution in [0.1, 0.15) is 16.7 Å². The van der Waals surface area contributed by atoms with Gasteiger partial charge in [-0.1, -0.05) is 78.9 Å². The first-order valence-corrected chi connectivity index (χ1v) is 7.18. The largest absolute Gasteiger partial charge is 0.503 e. The first-order valence-electron chi connectivity index (χ1n) is 7.18. The number of methoxy groups -OCH3 is 1. The van der Waals surface area contributed by atoms with Crippen molar-refractivity contribution in [1.82, 2.24) is 0 Å². The lowest BCUT2D eigenvalue weighted by atomic mass is 10.00. The predicted molar refractivity (Wildman–Crippen MR) is 93.6 cm³/mol. The Balaban J connectivity index is 2.24. The summed E-state index contributed by atoms with van der Waals surface area (Å²) >= 11 is 0. The first kappa shape index (κ1) is 16.3. The summed E-state index contributed by atoms with van der Waals surface area (Å²) < 4.78 is 4.88. The third-order valence-corrected chi connectivity index (χ3v) is 3.19. The van der Waals surface area contributed by atoms with Crippen LogP contribution in [0.25, 0.3) is 17.7 Å². The lowest BCUT2D eigenvalue weighted by Gasteiger charge is -2.06. The Labute approximate surface area is 135 Å². The number of allylic oxidation sites excluding steroid dienone is 2. The highest BCUT2D eigenvalue weighted by molar-refractivity contribution is 6.16. The molecule has 0 aliphatic rings. The van der Waals surface area contributed by atoms with Crippen LogP contribution < -0.4 is 0 Å². The van der Waals surface area contributed by atoms with Crippen molar-refractivity contribution in [2.24, 2.45) is 0 Å². The smallest absolute Gasteiger partial charge is 0.339 e. The summed E-state index contributed by atoms with van der Waals surface area (Å²) in [5.41, 5.74) is 2.66. The Morgan fingerprint density at radius 2 is 1.61 bits per heavy atom. The zero-order chi connectivity index (χ0) is 16.5. The van der Waals surface area contributed by atoms with Crippen LogP contribution in [0.15, 0.2) is 73.0 Å². The zero-order valence-electron chi connectivity index (χ0n) is 12.8. The average molecular weight is 306 g/mol. The van der Waals surface area contributed by atoms with Gasteiger partial charge in [0.05, 0.1) is 13.4 Å². The molecule has 0 saturated heterocycles. The molecule has 0 saturated carbocycles. The van der Waals surface area contributed by atoms with Crippen LogP contribution in [0.3, 0.4) is 0 Å². The van der Waals surface area contributed by atoms with Crippen molar-refractivity contribution in [3.8, 4) is 0 Å². The Hall–Kier alpha value is -3.07. The maximum absolute atomic E-state index is 11.4. The molecule has 0 radical (unpaired) electrons. The first-order chi connectivity index (χ1) is 11.2. The van der Waals surface area contributed by atoms with Crippen LogP contribution >= 0.6 is 0 Å². The molecular formula is C20H18O3. The predicted octanol–water partition coefficient (Wildman–Crippen LogP) is 4.49. The molecule has 3 nitrogen and oxygen atoms in total. The van der Waals surface area contributed by atoms with E-state index in [4.69, 9.17) is 4.74 Å². The van der Waals surface area contributed by atoms with Crippen molar-refractivity contribution >= 4 is 23.7 Å². The molecule has 23 heavy (non-hydrogen) atoms. The van der Waals surface area contributed by atoms with Gasteiger partial charge in [0.25, 0.3) is 0 Å². The Morgan fingerprint density at radius 3 is 2.30 bits per heavy atom. The van der Waals surface area contributed by atoms with Crippen LogP contribution in [-0.4, -0.2) is 18.2 Å². The molecule has 0 aromatic heterocycles. The van der Waals surface area contributed by atoms with E-state index in [0.29, 0.717) is 5.56 Å². The van der Waals surface area contributed by atoms with Gasteiger partial charge < -0.3 is 9.84 Å². The van der Waals surface area contributed by atoms with E-state index in [0.717, 1.165) is 11.1 Å². The molecule has 0 heterocycles. The van der Waals surface area contributed by atoms with Crippen LogP contribution in [0.4, 0.5) is 0 Å². The topological polar surface area (TPSA) is 46.5 Å². The highest BCUT2D eigenvalue weighted by Crippen LogP contribution is 2.21. The van der Waals surface area contributed by atoms with E-state index in [9.17, 15) is 9.90 Å². The second-order valence-corrected chi connectivity index (χ2v) is 4.79. The van der Waals surface area contributed by atoms with Gasteiger partial charge >= 0.3 is 5.97 Å². The monoisotopic (exact) mass is 306 g/mol. The number of carboxylic acids is 1. The van der Waals surface area contributed by atoms with Crippen molar-refractivity contribution in [2.45, 2.75) is 0 Å². The fourth-order valence-electron chi connectivity index (χ4n) is 2.12. The van der Waals surface area contributed by atoms with E-state index in [1.54, 1.807) is 12.1 Å². The van der Waals surface area contributed by atoms with Crippen LogP contribution in [-0.2, 0) is 9.53 Å². The standard InChI is InChI=1S/C20H18O3/c1-23-15-19(20(21)22)18-14-8-7-13-17(18)12-6-5-11-16-9-3-2-4-10-16/h2-15H,1H3,(H,21,22)/b11-5+,12-6+,19-15+. The lowest BCUT2D eigenvalue weighted by molar-refractivity contribution is -0.130. The summed E-state index contributed by atoms with van der Waals surface area (Å²) in [6.07, 6.45) is 8.92. The van der Waals surface area contributed by atoms with Crippen molar-refractivity contribution < 1.29 is 14.6 Å². The van der Waals surface area contributed by atoms with E-state index in [1.807, 2.05) is 66.8 Å². The van der Waals surface area contributed by atoms with Crippen LogP contribution in [0, 0.1) is 0 Å². The summed E-state index contributed by atoms with van der Waals surface area (Å²) in [7, 11) is 1.43. The molecule has 0 aliphatic heterocycles. The van der Waals surface area contributed by atoms with Crippen LogP contribution in [0.5, 0.6) is 0 Å². The second-order valence-electron chi connectivity index (χ2n) is 4.79. The molecule has 1 N–H and O–H groups in total. The quantitative estimate of drug-likeness (QED) is 0.486. The Morgan fingerprint density at radius 1 is 0.957 bits per heavy atom. The molecular weight excluding hydrogens is 288 g/mol. The number of hydrogen-bond acceptors (Lipinski definition) is 2. The highest BCUT2D eigenvalue weighted by atomic mass is 16.5. The summed E-state index contributed by atoms with van der Waals surface area (Å²) in [4.78, 5) is 11.4. The molecule has 0 bridgehead atoms. The normalized spacial score (nSPS) is 12.0. The van der Waals surface area contributed by atoms with E-state index >= 15 is 0 Å². The van der Waals surface area contributed by atoms with Gasteiger partial charge in [-0.25, -0.2) is 4.79 Å². The van der Waals surface area contributed by atoms with Gasteiger partial charge in [0.2, 0.25) is 0 Å². The zero-order valence-corrected chi connectivity index (χ0v) is 12.8. The van der Waals surface area contributed by atoms with E-state index < -0.39 is 5.97 Å². The highest BCUT2D eigenvalue weighted by Gasteiger charge is 2.13. The van der Waals surface area contributed by atoms with Gasteiger partial charge in [-0.3, -0.25) is 0 Å². The molecule has 2 rings (SSSR count). The summed E-state index contributed by atoms with van der Waals surface area (Å²) in [5, 5.41) is 9.32. The van der Waals surface area contributed by atoms with Gasteiger partial charge in [-0.05, 0) is 16.7 Å².